The number of nitrogens with zero attached hydrogens (tertiary/aromatic N) is 2. The molecule has 0 radical (unpaired) electrons. The molecule has 2 aromatic rings. The summed E-state index contributed by atoms with van der Waals surface area (Å²) in [6, 6.07) is 8.81. The van der Waals surface area contributed by atoms with Gasteiger partial charge in [-0.2, -0.15) is 13.2 Å². The first-order valence-electron chi connectivity index (χ1n) is 11.0. The first kappa shape index (κ1) is 25.7. The first-order chi connectivity index (χ1) is 16.1. The predicted octanol–water partition coefficient (Wildman–Crippen LogP) is 4.96. The number of nitrogens with one attached hydrogen (secondary N) is 1. The number of hydrogen-bond acceptors (Lipinski definition) is 3. The molecule has 0 saturated carbocycles. The number of rotatable bonds is 8. The highest BCUT2D eigenvalue weighted by atomic mass is 19.4. The van der Waals surface area contributed by atoms with Crippen molar-refractivity contribution in [1.82, 2.24) is 15.1 Å². The Labute approximate surface area is 195 Å². The Morgan fingerprint density at radius 3 is 2.41 bits per heavy atom. The average Bonchev–Trinajstić information content (AvgIpc) is 2.79. The third-order valence-electron chi connectivity index (χ3n) is 5.75. The molecule has 0 bridgehead atoms. The summed E-state index contributed by atoms with van der Waals surface area (Å²) in [6.07, 6.45) is -2.61. The minimum Gasteiger partial charge on any atom is -0.484 e. The number of likely N-dealkylation sites (tertiary alicyclic amines) is 1. The van der Waals surface area contributed by atoms with Crippen LogP contribution in [0.25, 0.3) is 0 Å². The highest BCUT2D eigenvalue weighted by molar-refractivity contribution is 5.74. The van der Waals surface area contributed by atoms with Crippen LogP contribution in [-0.4, -0.2) is 55.3 Å². The molecule has 0 atom stereocenters. The van der Waals surface area contributed by atoms with E-state index in [1.807, 2.05) is 7.05 Å². The maximum atomic E-state index is 14.2. The number of piperidine rings is 1. The second-order valence-corrected chi connectivity index (χ2v) is 8.57. The van der Waals surface area contributed by atoms with Crippen LogP contribution in [-0.2, 0) is 13.1 Å². The summed E-state index contributed by atoms with van der Waals surface area (Å²) >= 11 is 0. The van der Waals surface area contributed by atoms with Crippen molar-refractivity contribution in [2.24, 2.45) is 5.92 Å². The van der Waals surface area contributed by atoms with Crippen LogP contribution in [0.15, 0.2) is 42.5 Å². The Kier molecular flexibility index (Phi) is 8.71. The van der Waals surface area contributed by atoms with Crippen molar-refractivity contribution in [3.63, 3.8) is 0 Å². The summed E-state index contributed by atoms with van der Waals surface area (Å²) in [6.45, 7) is 1.000. The SMILES string of the molecule is CN1CCC(CN(Cc2ccc(F)cc2F)C(=O)NCc2ccc(OCC(F)(F)F)cc2)CC1. The maximum absolute atomic E-state index is 14.2. The van der Waals surface area contributed by atoms with Gasteiger partial charge < -0.3 is 19.9 Å². The maximum Gasteiger partial charge on any atom is 0.422 e. The van der Waals surface area contributed by atoms with Crippen molar-refractivity contribution in [2.75, 3.05) is 33.3 Å². The van der Waals surface area contributed by atoms with Gasteiger partial charge >= 0.3 is 12.2 Å². The number of alkyl halides is 3. The van der Waals surface area contributed by atoms with Gasteiger partial charge in [-0.25, -0.2) is 13.6 Å². The molecule has 186 valence electrons. The third-order valence-corrected chi connectivity index (χ3v) is 5.75. The number of halogens is 5. The Morgan fingerprint density at radius 1 is 1.12 bits per heavy atom. The molecule has 0 aliphatic carbocycles. The van der Waals surface area contributed by atoms with Crippen molar-refractivity contribution in [1.29, 1.82) is 0 Å². The second kappa shape index (κ2) is 11.5. The lowest BCUT2D eigenvalue weighted by molar-refractivity contribution is -0.153. The smallest absolute Gasteiger partial charge is 0.422 e. The van der Waals surface area contributed by atoms with Gasteiger partial charge in [-0.3, -0.25) is 0 Å². The van der Waals surface area contributed by atoms with Gasteiger partial charge in [0.2, 0.25) is 0 Å². The van der Waals surface area contributed by atoms with Gasteiger partial charge in [-0.1, -0.05) is 18.2 Å². The molecule has 34 heavy (non-hydrogen) atoms. The molecule has 1 aliphatic heterocycles. The van der Waals surface area contributed by atoms with Gasteiger partial charge in [0, 0.05) is 24.7 Å². The van der Waals surface area contributed by atoms with Crippen molar-refractivity contribution >= 4 is 6.03 Å². The van der Waals surface area contributed by atoms with E-state index in [1.54, 1.807) is 12.1 Å². The van der Waals surface area contributed by atoms with Crippen molar-refractivity contribution < 1.29 is 31.5 Å². The van der Waals surface area contributed by atoms with Crippen molar-refractivity contribution in [3.8, 4) is 5.75 Å². The van der Waals surface area contributed by atoms with Gasteiger partial charge in [0.05, 0.1) is 6.54 Å². The molecule has 0 spiro atoms. The van der Waals surface area contributed by atoms with Crippen LogP contribution in [0.4, 0.5) is 26.7 Å². The topological polar surface area (TPSA) is 44.8 Å². The van der Waals surface area contributed by atoms with Crippen LogP contribution in [0.3, 0.4) is 0 Å². The lowest BCUT2D eigenvalue weighted by atomic mass is 9.96. The fourth-order valence-electron chi connectivity index (χ4n) is 3.79. The molecule has 10 heteroatoms. The Hall–Kier alpha value is -2.88. The van der Waals surface area contributed by atoms with Gasteiger partial charge in [-0.05, 0) is 62.7 Å². The van der Waals surface area contributed by atoms with Crippen molar-refractivity contribution in [3.05, 3.63) is 65.2 Å². The predicted molar refractivity (Wildman–Crippen MR) is 117 cm³/mol. The molecular formula is C24H28F5N3O2. The third kappa shape index (κ3) is 8.16. The number of ether oxygens (including phenoxy) is 1. The molecule has 0 unspecified atom stereocenters. The van der Waals surface area contributed by atoms with E-state index in [0.717, 1.165) is 38.1 Å². The molecule has 2 aromatic carbocycles. The molecule has 5 nitrogen and oxygen atoms in total. The number of urea groups is 1. The van der Waals surface area contributed by atoms with Crippen LogP contribution >= 0.6 is 0 Å². The van der Waals surface area contributed by atoms with Gasteiger partial charge in [0.1, 0.15) is 17.4 Å². The van der Waals surface area contributed by atoms with E-state index in [2.05, 4.69) is 15.0 Å². The second-order valence-electron chi connectivity index (χ2n) is 8.57. The minimum atomic E-state index is -4.42. The van der Waals surface area contributed by atoms with Crippen molar-refractivity contribution in [2.45, 2.75) is 32.1 Å². The summed E-state index contributed by atoms with van der Waals surface area (Å²) in [5.41, 5.74) is 0.885. The van der Waals surface area contributed by atoms with Gasteiger partial charge in [0.25, 0.3) is 0 Å². The zero-order valence-electron chi connectivity index (χ0n) is 18.9. The number of amides is 2. The normalized spacial score (nSPS) is 15.2. The monoisotopic (exact) mass is 485 g/mol. The van der Waals surface area contributed by atoms with Crippen LogP contribution < -0.4 is 10.1 Å². The molecular weight excluding hydrogens is 457 g/mol. The molecule has 1 aliphatic rings. The van der Waals surface area contributed by atoms with E-state index in [1.165, 1.54) is 23.1 Å². The molecule has 1 N–H and O–H groups in total. The summed E-state index contributed by atoms with van der Waals surface area (Å²) < 4.78 is 69.0. The standard InChI is InChI=1S/C24H28F5N3O2/c1-31-10-8-18(9-11-31)14-32(15-19-4-5-20(25)12-22(19)26)23(33)30-13-17-2-6-21(7-3-17)34-16-24(27,28)29/h2-7,12,18H,8-11,13-16H2,1H3,(H,30,33). The van der Waals surface area contributed by atoms with E-state index in [9.17, 15) is 26.7 Å². The summed E-state index contributed by atoms with van der Waals surface area (Å²) in [5, 5.41) is 2.78. The van der Waals surface area contributed by atoms with E-state index in [-0.39, 0.29) is 30.3 Å². The molecule has 0 aromatic heterocycles. The highest BCUT2D eigenvalue weighted by Crippen LogP contribution is 2.21. The Balaban J connectivity index is 1.62. The van der Waals surface area contributed by atoms with Crippen LogP contribution in [0.2, 0.25) is 0 Å². The quantitative estimate of drug-likeness (QED) is 0.538. The fraction of sp³-hybridized carbons (Fsp3) is 0.458. The fourth-order valence-corrected chi connectivity index (χ4v) is 3.79. The number of carbonyl (C=O) groups excluding carboxylic acids is 1. The summed E-state index contributed by atoms with van der Waals surface area (Å²) in [5.74, 6) is -1.07. The number of carbonyl (C=O) groups is 1. The summed E-state index contributed by atoms with van der Waals surface area (Å²) in [4.78, 5) is 16.7. The number of hydrogen-bond donors (Lipinski definition) is 1. The van der Waals surface area contributed by atoms with E-state index < -0.39 is 30.4 Å². The average molecular weight is 485 g/mol. The van der Waals surface area contributed by atoms with Crippen LogP contribution in [0, 0.1) is 17.6 Å². The molecule has 3 rings (SSSR count). The minimum absolute atomic E-state index is 0.00545. The van der Waals surface area contributed by atoms with E-state index >= 15 is 0 Å². The molecule has 1 fully saturated rings. The van der Waals surface area contributed by atoms with Crippen LogP contribution in [0.1, 0.15) is 24.0 Å². The molecule has 1 saturated heterocycles. The first-order valence-corrected chi connectivity index (χ1v) is 11.0. The van der Waals surface area contributed by atoms with E-state index in [0.29, 0.717) is 12.1 Å². The van der Waals surface area contributed by atoms with Gasteiger partial charge in [0.15, 0.2) is 6.61 Å². The summed E-state index contributed by atoms with van der Waals surface area (Å²) in [7, 11) is 2.04. The zero-order valence-corrected chi connectivity index (χ0v) is 18.9. The Bertz CT molecular complexity index is 945. The highest BCUT2D eigenvalue weighted by Gasteiger charge is 2.28. The molecule has 1 heterocycles. The lowest BCUT2D eigenvalue weighted by Crippen LogP contribution is -2.44. The zero-order chi connectivity index (χ0) is 24.7. The molecule has 2 amide bonds. The van der Waals surface area contributed by atoms with Crippen LogP contribution in [0.5, 0.6) is 5.75 Å². The van der Waals surface area contributed by atoms with Gasteiger partial charge in [-0.15, -0.1) is 0 Å². The lowest BCUT2D eigenvalue weighted by Gasteiger charge is -2.33. The van der Waals surface area contributed by atoms with E-state index in [4.69, 9.17) is 0 Å². The number of benzene rings is 2. The Morgan fingerprint density at radius 2 is 1.79 bits per heavy atom. The largest absolute Gasteiger partial charge is 0.484 e.